The minimum atomic E-state index is -0.215. The number of ether oxygens (including phenoxy) is 1. The van der Waals surface area contributed by atoms with Gasteiger partial charge in [0.1, 0.15) is 12.0 Å². The average Bonchev–Trinajstić information content (AvgIpc) is 2.21. The van der Waals surface area contributed by atoms with Gasteiger partial charge in [0.15, 0.2) is 0 Å². The second-order valence-corrected chi connectivity index (χ2v) is 2.98. The molecule has 0 aliphatic rings. The Morgan fingerprint density at radius 3 is 2.46 bits per heavy atom. The van der Waals surface area contributed by atoms with E-state index in [9.17, 15) is 4.79 Å². The summed E-state index contributed by atoms with van der Waals surface area (Å²) in [5.41, 5.74) is 0.922. The third-order valence-electron chi connectivity index (χ3n) is 1.87. The van der Waals surface area contributed by atoms with Crippen LogP contribution in [0.4, 0.5) is 0 Å². The molecule has 70 valence electrons. The Labute approximate surface area is 82.5 Å². The summed E-state index contributed by atoms with van der Waals surface area (Å²) >= 11 is 5.61. The molecule has 2 nitrogen and oxygen atoms in total. The first-order chi connectivity index (χ1) is 6.31. The first kappa shape index (κ1) is 10.1. The molecule has 0 fully saturated rings. The maximum atomic E-state index is 10.6. The van der Waals surface area contributed by atoms with Gasteiger partial charge in [0, 0.05) is 5.88 Å². The van der Waals surface area contributed by atoms with E-state index in [1.165, 1.54) is 0 Å². The molecule has 0 heterocycles. The Bertz CT molecular complexity index is 269. The first-order valence-electron chi connectivity index (χ1n) is 3.97. The standard InChI is InChI=1S/C10H11ClO2/c1-13-10-4-2-8(3-5-10)9(6-11)7-12/h2-5,7,9H,6H2,1H3. The Morgan fingerprint density at radius 1 is 1.46 bits per heavy atom. The summed E-state index contributed by atoms with van der Waals surface area (Å²) in [6.45, 7) is 0. The van der Waals surface area contributed by atoms with Crippen molar-refractivity contribution >= 4 is 17.9 Å². The van der Waals surface area contributed by atoms with Gasteiger partial charge in [-0.3, -0.25) is 0 Å². The number of carbonyl (C=O) groups is 1. The number of halogens is 1. The summed E-state index contributed by atoms with van der Waals surface area (Å²) in [6, 6.07) is 7.33. The fourth-order valence-corrected chi connectivity index (χ4v) is 1.31. The Hall–Kier alpha value is -1.02. The molecule has 1 rings (SSSR count). The summed E-state index contributed by atoms with van der Waals surface area (Å²) in [5.74, 6) is 0.881. The maximum Gasteiger partial charge on any atom is 0.128 e. The number of carbonyl (C=O) groups excluding carboxylic acids is 1. The molecule has 0 amide bonds. The van der Waals surface area contributed by atoms with E-state index in [-0.39, 0.29) is 5.92 Å². The molecule has 0 N–H and O–H groups in total. The number of methoxy groups -OCH3 is 1. The van der Waals surface area contributed by atoms with E-state index in [0.29, 0.717) is 5.88 Å². The van der Waals surface area contributed by atoms with Gasteiger partial charge in [0.05, 0.1) is 13.0 Å². The van der Waals surface area contributed by atoms with Crippen molar-refractivity contribution in [1.82, 2.24) is 0 Å². The highest BCUT2D eigenvalue weighted by atomic mass is 35.5. The lowest BCUT2D eigenvalue weighted by Gasteiger charge is -2.06. The van der Waals surface area contributed by atoms with Crippen LogP contribution in [0.5, 0.6) is 5.75 Å². The highest BCUT2D eigenvalue weighted by molar-refractivity contribution is 6.19. The Kier molecular flexibility index (Phi) is 3.77. The largest absolute Gasteiger partial charge is 0.497 e. The molecule has 1 unspecified atom stereocenters. The predicted molar refractivity (Wildman–Crippen MR) is 52.5 cm³/mol. The third kappa shape index (κ3) is 2.46. The topological polar surface area (TPSA) is 26.3 Å². The van der Waals surface area contributed by atoms with Crippen molar-refractivity contribution in [2.75, 3.05) is 13.0 Å². The monoisotopic (exact) mass is 198 g/mol. The van der Waals surface area contributed by atoms with Gasteiger partial charge < -0.3 is 9.53 Å². The first-order valence-corrected chi connectivity index (χ1v) is 4.50. The molecular weight excluding hydrogens is 188 g/mol. The van der Waals surface area contributed by atoms with Crippen molar-refractivity contribution in [1.29, 1.82) is 0 Å². The van der Waals surface area contributed by atoms with Gasteiger partial charge in [0.2, 0.25) is 0 Å². The van der Waals surface area contributed by atoms with E-state index in [2.05, 4.69) is 0 Å². The van der Waals surface area contributed by atoms with Crippen molar-refractivity contribution in [2.45, 2.75) is 5.92 Å². The molecule has 3 heteroatoms. The highest BCUT2D eigenvalue weighted by Crippen LogP contribution is 2.18. The van der Waals surface area contributed by atoms with Crippen LogP contribution in [-0.4, -0.2) is 19.3 Å². The highest BCUT2D eigenvalue weighted by Gasteiger charge is 2.07. The van der Waals surface area contributed by atoms with Gasteiger partial charge in [-0.2, -0.15) is 0 Å². The average molecular weight is 199 g/mol. The molecule has 1 atom stereocenters. The Balaban J connectivity index is 2.83. The second kappa shape index (κ2) is 4.87. The van der Waals surface area contributed by atoms with E-state index in [1.54, 1.807) is 7.11 Å². The molecule has 1 aromatic rings. The van der Waals surface area contributed by atoms with Gasteiger partial charge in [-0.1, -0.05) is 12.1 Å². The summed E-state index contributed by atoms with van der Waals surface area (Å²) in [4.78, 5) is 10.6. The fourth-order valence-electron chi connectivity index (χ4n) is 1.06. The van der Waals surface area contributed by atoms with E-state index in [1.807, 2.05) is 24.3 Å². The number of benzene rings is 1. The molecule has 0 aliphatic carbocycles. The minimum absolute atomic E-state index is 0.215. The number of rotatable bonds is 4. The molecule has 0 aliphatic heterocycles. The molecule has 0 radical (unpaired) electrons. The predicted octanol–water partition coefficient (Wildman–Crippen LogP) is 2.22. The van der Waals surface area contributed by atoms with Crippen LogP contribution in [0.3, 0.4) is 0 Å². The summed E-state index contributed by atoms with van der Waals surface area (Å²) in [6.07, 6.45) is 0.856. The quantitative estimate of drug-likeness (QED) is 0.548. The molecule has 0 aromatic heterocycles. The van der Waals surface area contributed by atoms with Crippen molar-refractivity contribution in [3.63, 3.8) is 0 Å². The zero-order valence-corrected chi connectivity index (χ0v) is 8.12. The van der Waals surface area contributed by atoms with Crippen LogP contribution in [0.25, 0.3) is 0 Å². The van der Waals surface area contributed by atoms with Crippen LogP contribution in [0.2, 0.25) is 0 Å². The van der Waals surface area contributed by atoms with Crippen LogP contribution in [0, 0.1) is 0 Å². The van der Waals surface area contributed by atoms with Crippen molar-refractivity contribution in [3.8, 4) is 5.75 Å². The van der Waals surface area contributed by atoms with Gasteiger partial charge >= 0.3 is 0 Å². The van der Waals surface area contributed by atoms with Crippen LogP contribution >= 0.6 is 11.6 Å². The SMILES string of the molecule is COc1ccc(C(C=O)CCl)cc1. The number of hydrogen-bond acceptors (Lipinski definition) is 2. The summed E-state index contributed by atoms with van der Waals surface area (Å²) in [5, 5.41) is 0. The van der Waals surface area contributed by atoms with E-state index in [0.717, 1.165) is 17.6 Å². The van der Waals surface area contributed by atoms with E-state index >= 15 is 0 Å². The van der Waals surface area contributed by atoms with Crippen molar-refractivity contribution < 1.29 is 9.53 Å². The van der Waals surface area contributed by atoms with Gasteiger partial charge in [-0.25, -0.2) is 0 Å². The van der Waals surface area contributed by atoms with E-state index < -0.39 is 0 Å². The minimum Gasteiger partial charge on any atom is -0.497 e. The second-order valence-electron chi connectivity index (χ2n) is 2.67. The maximum absolute atomic E-state index is 10.6. The fraction of sp³-hybridized carbons (Fsp3) is 0.300. The van der Waals surface area contributed by atoms with Gasteiger partial charge in [-0.15, -0.1) is 11.6 Å². The lowest BCUT2D eigenvalue weighted by atomic mass is 10.0. The molecule has 0 saturated heterocycles. The van der Waals surface area contributed by atoms with Crippen LogP contribution < -0.4 is 4.74 Å². The summed E-state index contributed by atoms with van der Waals surface area (Å²) < 4.78 is 4.99. The van der Waals surface area contributed by atoms with Gasteiger partial charge in [-0.05, 0) is 17.7 Å². The normalized spacial score (nSPS) is 12.2. The molecule has 0 spiro atoms. The molecule has 1 aromatic carbocycles. The zero-order chi connectivity index (χ0) is 9.68. The van der Waals surface area contributed by atoms with Gasteiger partial charge in [0.25, 0.3) is 0 Å². The van der Waals surface area contributed by atoms with Crippen LogP contribution in [-0.2, 0) is 4.79 Å². The van der Waals surface area contributed by atoms with Crippen LogP contribution in [0.1, 0.15) is 11.5 Å². The van der Waals surface area contributed by atoms with Crippen molar-refractivity contribution in [2.24, 2.45) is 0 Å². The lowest BCUT2D eigenvalue weighted by molar-refractivity contribution is -0.108. The van der Waals surface area contributed by atoms with Crippen molar-refractivity contribution in [3.05, 3.63) is 29.8 Å². The Morgan fingerprint density at radius 2 is 2.08 bits per heavy atom. The molecule has 0 saturated carbocycles. The number of aldehydes is 1. The lowest BCUT2D eigenvalue weighted by Crippen LogP contribution is -2.01. The number of alkyl halides is 1. The molecule has 0 bridgehead atoms. The third-order valence-corrected chi connectivity index (χ3v) is 2.21. The van der Waals surface area contributed by atoms with Crippen LogP contribution in [0.15, 0.2) is 24.3 Å². The molecule has 13 heavy (non-hydrogen) atoms. The van der Waals surface area contributed by atoms with E-state index in [4.69, 9.17) is 16.3 Å². The zero-order valence-electron chi connectivity index (χ0n) is 7.37. The number of hydrogen-bond donors (Lipinski definition) is 0. The molecular formula is C10H11ClO2. The smallest absolute Gasteiger partial charge is 0.128 e. The summed E-state index contributed by atoms with van der Waals surface area (Å²) in [7, 11) is 1.60.